The zero-order valence-corrected chi connectivity index (χ0v) is 17.5. The highest BCUT2D eigenvalue weighted by molar-refractivity contribution is 6.32. The van der Waals surface area contributed by atoms with E-state index < -0.39 is 29.1 Å². The van der Waals surface area contributed by atoms with Crippen LogP contribution in [0.25, 0.3) is 0 Å². The SMILES string of the molecule is Cc1ccc(N2C(=O)[C@H]3[C@@H](C2=O)[C@]2(CNC(=O)NC(C)(C)C)C=C[C@H]3O2)cc1Cl. The highest BCUT2D eigenvalue weighted by Crippen LogP contribution is 2.52. The third-order valence-corrected chi connectivity index (χ3v) is 5.99. The number of hydrogen-bond donors (Lipinski definition) is 2. The number of fused-ring (bicyclic) bond motifs is 5. The molecule has 0 spiro atoms. The van der Waals surface area contributed by atoms with E-state index in [0.717, 1.165) is 5.56 Å². The average molecular weight is 418 g/mol. The molecule has 2 fully saturated rings. The second-order valence-corrected chi connectivity index (χ2v) is 9.31. The van der Waals surface area contributed by atoms with Gasteiger partial charge in [-0.2, -0.15) is 0 Å². The number of rotatable bonds is 3. The van der Waals surface area contributed by atoms with Crippen LogP contribution >= 0.6 is 11.6 Å². The van der Waals surface area contributed by atoms with Gasteiger partial charge in [0.1, 0.15) is 5.60 Å². The number of carbonyl (C=O) groups is 3. The van der Waals surface area contributed by atoms with Crippen LogP contribution in [-0.4, -0.2) is 41.6 Å². The van der Waals surface area contributed by atoms with E-state index in [0.29, 0.717) is 10.7 Å². The van der Waals surface area contributed by atoms with Gasteiger partial charge in [0.05, 0.1) is 30.2 Å². The van der Waals surface area contributed by atoms with Crippen LogP contribution in [0.3, 0.4) is 0 Å². The van der Waals surface area contributed by atoms with Gasteiger partial charge in [-0.1, -0.05) is 29.8 Å². The van der Waals surface area contributed by atoms with E-state index in [2.05, 4.69) is 10.6 Å². The van der Waals surface area contributed by atoms with E-state index in [1.807, 2.05) is 27.7 Å². The number of nitrogens with zero attached hydrogens (tertiary/aromatic N) is 1. The summed E-state index contributed by atoms with van der Waals surface area (Å²) in [6.07, 6.45) is 3.13. The number of anilines is 1. The Labute approximate surface area is 174 Å². The van der Waals surface area contributed by atoms with Crippen LogP contribution in [-0.2, 0) is 14.3 Å². The summed E-state index contributed by atoms with van der Waals surface area (Å²) in [7, 11) is 0. The lowest BCUT2D eigenvalue weighted by molar-refractivity contribution is -0.126. The predicted molar refractivity (Wildman–Crippen MR) is 109 cm³/mol. The van der Waals surface area contributed by atoms with Crippen molar-refractivity contribution in [1.82, 2.24) is 10.6 Å². The van der Waals surface area contributed by atoms with E-state index >= 15 is 0 Å². The Kier molecular flexibility index (Phi) is 4.51. The van der Waals surface area contributed by atoms with Crippen LogP contribution < -0.4 is 15.5 Å². The lowest BCUT2D eigenvalue weighted by Crippen LogP contribution is -2.53. The number of ether oxygens (including phenoxy) is 1. The molecule has 3 aliphatic rings. The summed E-state index contributed by atoms with van der Waals surface area (Å²) in [5.41, 5.74) is -0.0981. The molecule has 0 radical (unpaired) electrons. The van der Waals surface area contributed by atoms with Crippen molar-refractivity contribution >= 4 is 35.1 Å². The number of imide groups is 1. The molecule has 2 bridgehead atoms. The molecular formula is C21H24ClN3O4. The van der Waals surface area contributed by atoms with Crippen molar-refractivity contribution in [1.29, 1.82) is 0 Å². The van der Waals surface area contributed by atoms with Crippen LogP contribution in [0.2, 0.25) is 5.02 Å². The van der Waals surface area contributed by atoms with Crippen molar-refractivity contribution in [2.75, 3.05) is 11.4 Å². The van der Waals surface area contributed by atoms with Gasteiger partial charge in [0.2, 0.25) is 11.8 Å². The molecule has 29 heavy (non-hydrogen) atoms. The monoisotopic (exact) mass is 417 g/mol. The molecule has 1 aromatic rings. The molecule has 4 atom stereocenters. The number of benzene rings is 1. The summed E-state index contributed by atoms with van der Waals surface area (Å²) in [5.74, 6) is -1.90. The molecule has 2 saturated heterocycles. The molecule has 7 nitrogen and oxygen atoms in total. The Morgan fingerprint density at radius 3 is 2.66 bits per heavy atom. The summed E-state index contributed by atoms with van der Waals surface area (Å²) in [5, 5.41) is 6.10. The molecular weight excluding hydrogens is 394 g/mol. The minimum absolute atomic E-state index is 0.102. The summed E-state index contributed by atoms with van der Waals surface area (Å²) < 4.78 is 6.03. The molecule has 8 heteroatoms. The minimum atomic E-state index is -1.03. The van der Waals surface area contributed by atoms with Gasteiger partial charge in [-0.25, -0.2) is 9.69 Å². The maximum atomic E-state index is 13.3. The lowest BCUT2D eigenvalue weighted by Gasteiger charge is -2.30. The molecule has 4 amide bonds. The highest BCUT2D eigenvalue weighted by Gasteiger charge is 2.67. The van der Waals surface area contributed by atoms with Gasteiger partial charge in [0.15, 0.2) is 0 Å². The number of urea groups is 1. The van der Waals surface area contributed by atoms with E-state index in [4.69, 9.17) is 16.3 Å². The normalized spacial score (nSPS) is 30.1. The first kappa shape index (κ1) is 19.9. The van der Waals surface area contributed by atoms with Crippen LogP contribution in [0.15, 0.2) is 30.4 Å². The van der Waals surface area contributed by atoms with Gasteiger partial charge in [-0.15, -0.1) is 0 Å². The Morgan fingerprint density at radius 2 is 2.00 bits per heavy atom. The van der Waals surface area contributed by atoms with Crippen molar-refractivity contribution in [3.05, 3.63) is 40.9 Å². The molecule has 154 valence electrons. The fourth-order valence-corrected chi connectivity index (χ4v) is 4.46. The number of carbonyl (C=O) groups excluding carboxylic acids is 3. The van der Waals surface area contributed by atoms with Crippen molar-refractivity contribution in [2.45, 2.75) is 44.9 Å². The Hall–Kier alpha value is -2.38. The smallest absolute Gasteiger partial charge is 0.315 e. The fourth-order valence-electron chi connectivity index (χ4n) is 4.28. The standard InChI is InChI=1S/C21H24ClN3O4/c1-11-5-6-12(9-13(11)22)25-17(26)15-14-7-8-21(29-14,16(15)18(25)27)10-23-19(28)24-20(2,3)4/h5-9,14-16H,10H2,1-4H3,(H2,23,24,28)/t14-,15-,16+,21-/m1/s1. The topological polar surface area (TPSA) is 87.7 Å². The van der Waals surface area contributed by atoms with E-state index in [1.54, 1.807) is 30.4 Å². The zero-order valence-electron chi connectivity index (χ0n) is 16.8. The quantitative estimate of drug-likeness (QED) is 0.584. The lowest BCUT2D eigenvalue weighted by atomic mass is 9.77. The van der Waals surface area contributed by atoms with Gasteiger partial charge < -0.3 is 15.4 Å². The molecule has 1 aromatic carbocycles. The molecule has 0 aliphatic carbocycles. The van der Waals surface area contributed by atoms with Crippen LogP contribution in [0.5, 0.6) is 0 Å². The Bertz CT molecular complexity index is 938. The fraction of sp³-hybridized carbons (Fsp3) is 0.476. The maximum Gasteiger partial charge on any atom is 0.315 e. The Morgan fingerprint density at radius 1 is 1.28 bits per heavy atom. The van der Waals surface area contributed by atoms with Crippen molar-refractivity contribution < 1.29 is 19.1 Å². The second-order valence-electron chi connectivity index (χ2n) is 8.90. The van der Waals surface area contributed by atoms with Crippen molar-refractivity contribution in [2.24, 2.45) is 11.8 Å². The molecule has 0 aromatic heterocycles. The van der Waals surface area contributed by atoms with Gasteiger partial charge >= 0.3 is 6.03 Å². The van der Waals surface area contributed by atoms with Crippen LogP contribution in [0, 0.1) is 18.8 Å². The third kappa shape index (κ3) is 3.22. The summed E-state index contributed by atoms with van der Waals surface area (Å²) >= 11 is 6.20. The number of aryl methyl sites for hydroxylation is 1. The Balaban J connectivity index is 1.58. The zero-order chi connectivity index (χ0) is 21.1. The van der Waals surface area contributed by atoms with Crippen LogP contribution in [0.1, 0.15) is 26.3 Å². The predicted octanol–water partition coefficient (Wildman–Crippen LogP) is 2.56. The molecule has 3 heterocycles. The number of nitrogens with one attached hydrogen (secondary N) is 2. The van der Waals surface area contributed by atoms with Crippen LogP contribution in [0.4, 0.5) is 10.5 Å². The number of amides is 4. The molecule has 3 aliphatic heterocycles. The van der Waals surface area contributed by atoms with Gasteiger partial charge in [-0.3, -0.25) is 9.59 Å². The average Bonchev–Trinajstić information content (AvgIpc) is 3.25. The third-order valence-electron chi connectivity index (χ3n) is 5.58. The molecule has 2 N–H and O–H groups in total. The first-order chi connectivity index (χ1) is 13.5. The number of hydrogen-bond acceptors (Lipinski definition) is 4. The maximum absolute atomic E-state index is 13.3. The van der Waals surface area contributed by atoms with Gasteiger partial charge in [0, 0.05) is 10.6 Å². The molecule has 0 saturated carbocycles. The first-order valence-corrected chi connectivity index (χ1v) is 9.97. The van der Waals surface area contributed by atoms with Crippen molar-refractivity contribution in [3.63, 3.8) is 0 Å². The van der Waals surface area contributed by atoms with Gasteiger partial charge in [-0.05, 0) is 45.4 Å². The highest BCUT2D eigenvalue weighted by atomic mass is 35.5. The molecule has 4 rings (SSSR count). The van der Waals surface area contributed by atoms with E-state index in [-0.39, 0.29) is 24.4 Å². The second kappa shape index (κ2) is 6.57. The largest absolute Gasteiger partial charge is 0.360 e. The van der Waals surface area contributed by atoms with E-state index in [9.17, 15) is 14.4 Å². The summed E-state index contributed by atoms with van der Waals surface area (Å²) in [4.78, 5) is 39.8. The summed E-state index contributed by atoms with van der Waals surface area (Å²) in [6.45, 7) is 7.59. The van der Waals surface area contributed by atoms with Crippen molar-refractivity contribution in [3.8, 4) is 0 Å². The van der Waals surface area contributed by atoms with E-state index in [1.165, 1.54) is 4.90 Å². The number of halogens is 1. The minimum Gasteiger partial charge on any atom is -0.360 e. The molecule has 0 unspecified atom stereocenters. The summed E-state index contributed by atoms with van der Waals surface area (Å²) in [6, 6.07) is 4.78. The first-order valence-electron chi connectivity index (χ1n) is 9.60. The van der Waals surface area contributed by atoms with Gasteiger partial charge in [0.25, 0.3) is 0 Å².